The van der Waals surface area contributed by atoms with Gasteiger partial charge in [0.15, 0.2) is 0 Å². The van der Waals surface area contributed by atoms with Gasteiger partial charge in [-0.3, -0.25) is 0 Å². The third-order valence-electron chi connectivity index (χ3n) is 3.72. The van der Waals surface area contributed by atoms with Gasteiger partial charge in [0, 0.05) is 18.4 Å². The van der Waals surface area contributed by atoms with Gasteiger partial charge in [-0.05, 0) is 25.7 Å². The van der Waals surface area contributed by atoms with E-state index in [1.807, 2.05) is 6.92 Å². The van der Waals surface area contributed by atoms with Gasteiger partial charge >= 0.3 is 5.97 Å². The van der Waals surface area contributed by atoms with Crippen LogP contribution in [0.2, 0.25) is 0 Å². The van der Waals surface area contributed by atoms with Crippen LogP contribution in [-0.2, 0) is 9.53 Å². The van der Waals surface area contributed by atoms with Crippen molar-refractivity contribution in [2.24, 2.45) is 0 Å². The van der Waals surface area contributed by atoms with Gasteiger partial charge in [-0.25, -0.2) is 4.79 Å². The number of hydrogen-bond acceptors (Lipinski definition) is 3. The fourth-order valence-corrected chi connectivity index (χ4v) is 2.82. The number of carbonyl (C=O) groups is 1. The monoisotopic (exact) mass is 210 g/mol. The Kier molecular flexibility index (Phi) is 2.38. The molecule has 2 atom stereocenters. The van der Waals surface area contributed by atoms with Crippen LogP contribution in [0, 0.1) is 0 Å². The Labute approximate surface area is 90.1 Å². The van der Waals surface area contributed by atoms with Crippen molar-refractivity contribution in [3.8, 4) is 0 Å². The third-order valence-corrected chi connectivity index (χ3v) is 3.72. The second-order valence-electron chi connectivity index (χ2n) is 4.96. The van der Waals surface area contributed by atoms with Gasteiger partial charge in [-0.2, -0.15) is 0 Å². The van der Waals surface area contributed by atoms with Gasteiger partial charge in [0.05, 0.1) is 5.60 Å². The first kappa shape index (κ1) is 10.7. The Hall–Kier alpha value is -0.830. The number of ether oxygens (including phenoxy) is 1. The van der Waals surface area contributed by atoms with Crippen molar-refractivity contribution in [1.82, 2.24) is 0 Å². The third kappa shape index (κ3) is 1.81. The van der Waals surface area contributed by atoms with Crippen LogP contribution in [0.15, 0.2) is 12.2 Å². The summed E-state index contributed by atoms with van der Waals surface area (Å²) in [5.41, 5.74) is -0.546. The minimum absolute atomic E-state index is 0.282. The molecule has 1 aliphatic carbocycles. The molecule has 3 heteroatoms. The maximum absolute atomic E-state index is 11.3. The molecule has 84 valence electrons. The summed E-state index contributed by atoms with van der Waals surface area (Å²) in [6.45, 7) is 5.68. The molecule has 0 radical (unpaired) electrons. The molecule has 0 aromatic rings. The highest BCUT2D eigenvalue weighted by Gasteiger charge is 2.50. The Morgan fingerprint density at radius 1 is 1.53 bits per heavy atom. The van der Waals surface area contributed by atoms with Gasteiger partial charge in [0.1, 0.15) is 5.60 Å². The summed E-state index contributed by atoms with van der Waals surface area (Å²) in [6.07, 6.45) is 4.48. The lowest BCUT2D eigenvalue weighted by Crippen LogP contribution is -2.45. The van der Waals surface area contributed by atoms with Crippen molar-refractivity contribution >= 4 is 5.97 Å². The van der Waals surface area contributed by atoms with E-state index in [9.17, 15) is 9.90 Å². The van der Waals surface area contributed by atoms with E-state index >= 15 is 0 Å². The predicted molar refractivity (Wildman–Crippen MR) is 56.3 cm³/mol. The summed E-state index contributed by atoms with van der Waals surface area (Å²) in [5, 5.41) is 10.3. The zero-order valence-corrected chi connectivity index (χ0v) is 9.21. The lowest BCUT2D eigenvalue weighted by atomic mass is 9.72. The second kappa shape index (κ2) is 3.34. The van der Waals surface area contributed by atoms with E-state index in [0.717, 1.165) is 25.7 Å². The van der Waals surface area contributed by atoms with Crippen LogP contribution in [0.3, 0.4) is 0 Å². The van der Waals surface area contributed by atoms with Gasteiger partial charge < -0.3 is 9.84 Å². The van der Waals surface area contributed by atoms with E-state index in [2.05, 4.69) is 6.58 Å². The van der Waals surface area contributed by atoms with Crippen molar-refractivity contribution in [2.75, 3.05) is 0 Å². The number of esters is 1. The highest BCUT2D eigenvalue weighted by molar-refractivity contribution is 5.90. The van der Waals surface area contributed by atoms with Crippen LogP contribution in [0.5, 0.6) is 0 Å². The van der Waals surface area contributed by atoms with E-state index in [1.165, 1.54) is 0 Å². The van der Waals surface area contributed by atoms with Crippen molar-refractivity contribution in [3.05, 3.63) is 12.2 Å². The average Bonchev–Trinajstić information content (AvgIpc) is 2.41. The summed E-state index contributed by atoms with van der Waals surface area (Å²) in [7, 11) is 0. The number of carbonyl (C=O) groups excluding carboxylic acids is 1. The summed E-state index contributed by atoms with van der Waals surface area (Å²) in [5.74, 6) is -0.282. The van der Waals surface area contributed by atoms with Crippen molar-refractivity contribution in [2.45, 2.75) is 56.7 Å². The zero-order chi connectivity index (χ0) is 11.1. The van der Waals surface area contributed by atoms with Gasteiger partial charge in [0.25, 0.3) is 0 Å². The maximum Gasteiger partial charge on any atom is 0.334 e. The molecule has 0 bridgehead atoms. The smallest absolute Gasteiger partial charge is 0.334 e. The Bertz CT molecular complexity index is 292. The molecule has 2 unspecified atom stereocenters. The molecule has 0 amide bonds. The molecule has 3 nitrogen and oxygen atoms in total. The van der Waals surface area contributed by atoms with Crippen molar-refractivity contribution in [1.29, 1.82) is 0 Å². The lowest BCUT2D eigenvalue weighted by molar-refractivity contribution is -0.158. The Morgan fingerprint density at radius 2 is 2.27 bits per heavy atom. The highest BCUT2D eigenvalue weighted by atomic mass is 16.6. The van der Waals surface area contributed by atoms with Crippen molar-refractivity contribution < 1.29 is 14.6 Å². The van der Waals surface area contributed by atoms with E-state index in [-0.39, 0.29) is 5.97 Å². The molecule has 1 spiro atoms. The van der Waals surface area contributed by atoms with Gasteiger partial charge in [-0.15, -0.1) is 0 Å². The molecular formula is C12H18O3. The first-order valence-electron chi connectivity index (χ1n) is 5.62. The first-order chi connectivity index (χ1) is 6.99. The normalized spacial score (nSPS) is 40.9. The molecule has 0 aromatic heterocycles. The molecule has 2 rings (SSSR count). The molecule has 2 fully saturated rings. The maximum atomic E-state index is 11.3. The fourth-order valence-electron chi connectivity index (χ4n) is 2.82. The fraction of sp³-hybridized carbons (Fsp3) is 0.750. The summed E-state index contributed by atoms with van der Waals surface area (Å²) < 4.78 is 5.40. The number of rotatable bonds is 1. The van der Waals surface area contributed by atoms with Crippen LogP contribution < -0.4 is 0 Å². The molecule has 1 N–H and O–H groups in total. The Morgan fingerprint density at radius 3 is 2.80 bits per heavy atom. The molecule has 15 heavy (non-hydrogen) atoms. The number of aliphatic hydroxyl groups is 1. The van der Waals surface area contributed by atoms with Crippen LogP contribution >= 0.6 is 0 Å². The summed E-state index contributed by atoms with van der Waals surface area (Å²) >= 11 is 0. The van der Waals surface area contributed by atoms with Crippen LogP contribution in [0.25, 0.3) is 0 Å². The first-order valence-corrected chi connectivity index (χ1v) is 5.62. The minimum Gasteiger partial charge on any atom is -0.455 e. The standard InChI is InChI=1S/C12H18O3/c1-3-11(14)5-4-6-12(8-11)7-9(2)10(13)15-12/h14H,2-8H2,1H3. The summed E-state index contributed by atoms with van der Waals surface area (Å²) in [4.78, 5) is 11.3. The van der Waals surface area contributed by atoms with E-state index < -0.39 is 11.2 Å². The lowest BCUT2D eigenvalue weighted by Gasteiger charge is -2.41. The van der Waals surface area contributed by atoms with Crippen molar-refractivity contribution in [3.63, 3.8) is 0 Å². The molecule has 2 aliphatic rings. The molecule has 1 saturated heterocycles. The molecule has 1 saturated carbocycles. The van der Waals surface area contributed by atoms with Gasteiger partial charge in [0.2, 0.25) is 0 Å². The zero-order valence-electron chi connectivity index (χ0n) is 9.21. The molecule has 1 aliphatic heterocycles. The average molecular weight is 210 g/mol. The van der Waals surface area contributed by atoms with E-state index in [0.29, 0.717) is 18.4 Å². The quantitative estimate of drug-likeness (QED) is 0.531. The second-order valence-corrected chi connectivity index (χ2v) is 4.96. The topological polar surface area (TPSA) is 46.5 Å². The molecular weight excluding hydrogens is 192 g/mol. The SMILES string of the molecule is C=C1CC2(CCCC(O)(CC)C2)OC1=O. The van der Waals surface area contributed by atoms with Crippen LogP contribution in [-0.4, -0.2) is 22.3 Å². The van der Waals surface area contributed by atoms with E-state index in [4.69, 9.17) is 4.74 Å². The highest BCUT2D eigenvalue weighted by Crippen LogP contribution is 2.46. The largest absolute Gasteiger partial charge is 0.455 e. The van der Waals surface area contributed by atoms with Crippen LogP contribution in [0.4, 0.5) is 0 Å². The minimum atomic E-state index is -0.650. The van der Waals surface area contributed by atoms with Crippen LogP contribution in [0.1, 0.15) is 45.4 Å². The van der Waals surface area contributed by atoms with E-state index in [1.54, 1.807) is 0 Å². The molecule has 1 heterocycles. The predicted octanol–water partition coefficient (Wildman–Crippen LogP) is 1.94. The Balaban J connectivity index is 2.17. The number of hydrogen-bond donors (Lipinski definition) is 1. The van der Waals surface area contributed by atoms with Gasteiger partial charge in [-0.1, -0.05) is 13.5 Å². The molecule has 0 aromatic carbocycles. The summed E-state index contributed by atoms with van der Waals surface area (Å²) in [6, 6.07) is 0.